The molecule has 1 amide bonds. The normalized spacial score (nSPS) is 18.1. The minimum atomic E-state index is -0.0408. The standard InChI is InChI=1S/C25H31N5O2S/c1-30(2)24-19-6-3-4-7-20(19)28-25(29-24)27-18-11-9-17(10-12-18)16-26-23(32)14-13-21(31)22-8-5-15-33-22/h3-8,15,17-18H,9-14,16H2,1-2H3,(H,26,32)(H,27,28,29). The molecule has 0 unspecified atom stereocenters. The van der Waals surface area contributed by atoms with Crippen LogP contribution >= 0.6 is 11.3 Å². The number of para-hydroxylation sites is 1. The van der Waals surface area contributed by atoms with Crippen molar-refractivity contribution < 1.29 is 9.59 Å². The molecule has 1 saturated carbocycles. The fourth-order valence-electron chi connectivity index (χ4n) is 4.29. The van der Waals surface area contributed by atoms with E-state index in [4.69, 9.17) is 9.97 Å². The van der Waals surface area contributed by atoms with Crippen molar-refractivity contribution in [1.29, 1.82) is 0 Å². The third kappa shape index (κ3) is 6.07. The van der Waals surface area contributed by atoms with Gasteiger partial charge in [0, 0.05) is 44.9 Å². The van der Waals surface area contributed by atoms with E-state index in [1.165, 1.54) is 11.3 Å². The summed E-state index contributed by atoms with van der Waals surface area (Å²) in [6, 6.07) is 12.1. The van der Waals surface area contributed by atoms with Crippen LogP contribution in [0.3, 0.4) is 0 Å². The summed E-state index contributed by atoms with van der Waals surface area (Å²) in [5.41, 5.74) is 0.938. The van der Waals surface area contributed by atoms with Gasteiger partial charge in [-0.05, 0) is 55.2 Å². The molecule has 3 aromatic rings. The van der Waals surface area contributed by atoms with Crippen molar-refractivity contribution in [2.75, 3.05) is 30.9 Å². The number of carbonyl (C=O) groups is 2. The van der Waals surface area contributed by atoms with Crippen molar-refractivity contribution in [3.8, 4) is 0 Å². The van der Waals surface area contributed by atoms with Gasteiger partial charge in [-0.2, -0.15) is 4.98 Å². The Bertz CT molecular complexity index is 1090. The van der Waals surface area contributed by atoms with Crippen LogP contribution in [0.4, 0.5) is 11.8 Å². The predicted molar refractivity (Wildman–Crippen MR) is 134 cm³/mol. The number of nitrogens with one attached hydrogen (secondary N) is 2. The molecule has 33 heavy (non-hydrogen) atoms. The van der Waals surface area contributed by atoms with Crippen LogP contribution < -0.4 is 15.5 Å². The number of carbonyl (C=O) groups excluding carboxylic acids is 2. The van der Waals surface area contributed by atoms with Crippen molar-refractivity contribution >= 4 is 45.7 Å². The lowest BCUT2D eigenvalue weighted by molar-refractivity contribution is -0.121. The molecule has 1 aliphatic carbocycles. The first-order valence-corrected chi connectivity index (χ1v) is 12.4. The maximum Gasteiger partial charge on any atom is 0.225 e. The number of benzene rings is 1. The highest BCUT2D eigenvalue weighted by Crippen LogP contribution is 2.28. The lowest BCUT2D eigenvalue weighted by Gasteiger charge is -2.29. The van der Waals surface area contributed by atoms with Crippen LogP contribution in [0.2, 0.25) is 0 Å². The van der Waals surface area contributed by atoms with Gasteiger partial charge in [0.15, 0.2) is 5.78 Å². The van der Waals surface area contributed by atoms with E-state index in [-0.39, 0.29) is 24.5 Å². The summed E-state index contributed by atoms with van der Waals surface area (Å²) in [5, 5.41) is 9.47. The van der Waals surface area contributed by atoms with Gasteiger partial charge in [-0.3, -0.25) is 9.59 Å². The highest BCUT2D eigenvalue weighted by atomic mass is 32.1. The number of amides is 1. The SMILES string of the molecule is CN(C)c1nc(NC2CCC(CNC(=O)CCC(=O)c3cccs3)CC2)nc2ccccc12. The number of hydrogen-bond acceptors (Lipinski definition) is 7. The molecule has 2 heterocycles. The summed E-state index contributed by atoms with van der Waals surface area (Å²) >= 11 is 1.42. The molecule has 7 nitrogen and oxygen atoms in total. The second kappa shape index (κ2) is 10.7. The Labute approximate surface area is 198 Å². The number of anilines is 2. The molecule has 0 spiro atoms. The predicted octanol–water partition coefficient (Wildman–Crippen LogP) is 4.51. The molecule has 1 aliphatic rings. The third-order valence-electron chi connectivity index (χ3n) is 6.15. The van der Waals surface area contributed by atoms with Crippen molar-refractivity contribution in [3.63, 3.8) is 0 Å². The first-order valence-electron chi connectivity index (χ1n) is 11.5. The first-order chi connectivity index (χ1) is 16.0. The molecule has 0 saturated heterocycles. The fourth-order valence-corrected chi connectivity index (χ4v) is 4.99. The minimum Gasteiger partial charge on any atom is -0.362 e. The molecular formula is C25H31N5O2S. The molecule has 0 aliphatic heterocycles. The van der Waals surface area contributed by atoms with Crippen LogP contribution in [0.1, 0.15) is 48.2 Å². The Morgan fingerprint density at radius 2 is 1.82 bits per heavy atom. The summed E-state index contributed by atoms with van der Waals surface area (Å²) < 4.78 is 0. The third-order valence-corrected chi connectivity index (χ3v) is 7.06. The van der Waals surface area contributed by atoms with Crippen molar-refractivity contribution in [2.45, 2.75) is 44.6 Å². The van der Waals surface area contributed by atoms with E-state index in [2.05, 4.69) is 10.6 Å². The monoisotopic (exact) mass is 465 g/mol. The number of Topliss-reactive ketones (excluding diaryl/α,β-unsaturated/α-hetero) is 1. The molecule has 174 valence electrons. The maximum atomic E-state index is 12.2. The molecule has 0 radical (unpaired) electrons. The highest BCUT2D eigenvalue weighted by molar-refractivity contribution is 7.12. The Morgan fingerprint density at radius 1 is 1.03 bits per heavy atom. The van der Waals surface area contributed by atoms with E-state index in [0.717, 1.165) is 47.3 Å². The summed E-state index contributed by atoms with van der Waals surface area (Å²) in [7, 11) is 3.99. The van der Waals surface area contributed by atoms with E-state index >= 15 is 0 Å². The molecule has 1 aromatic carbocycles. The molecule has 8 heteroatoms. The molecule has 1 fully saturated rings. The Kier molecular flexibility index (Phi) is 7.54. The number of aromatic nitrogens is 2. The summed E-state index contributed by atoms with van der Waals surface area (Å²) in [6.45, 7) is 0.677. The Morgan fingerprint density at radius 3 is 2.55 bits per heavy atom. The average molecular weight is 466 g/mol. The minimum absolute atomic E-state index is 0.0408. The van der Waals surface area contributed by atoms with Crippen molar-refractivity contribution in [3.05, 3.63) is 46.7 Å². The van der Waals surface area contributed by atoms with Gasteiger partial charge in [0.05, 0.1) is 10.4 Å². The topological polar surface area (TPSA) is 87.2 Å². The number of ketones is 1. The fraction of sp³-hybridized carbons (Fsp3) is 0.440. The quantitative estimate of drug-likeness (QED) is 0.452. The number of thiophene rings is 1. The number of fused-ring (bicyclic) bond motifs is 1. The van der Waals surface area contributed by atoms with E-state index < -0.39 is 0 Å². The van der Waals surface area contributed by atoms with Gasteiger partial charge in [-0.15, -0.1) is 11.3 Å². The largest absolute Gasteiger partial charge is 0.362 e. The lowest BCUT2D eigenvalue weighted by Crippen LogP contribution is -2.34. The van der Waals surface area contributed by atoms with E-state index in [1.807, 2.05) is 60.8 Å². The second-order valence-electron chi connectivity index (χ2n) is 8.85. The van der Waals surface area contributed by atoms with Crippen LogP contribution in [0.15, 0.2) is 41.8 Å². The summed E-state index contributed by atoms with van der Waals surface area (Å²) in [4.78, 5) is 36.4. The zero-order valence-corrected chi connectivity index (χ0v) is 20.0. The molecule has 2 aromatic heterocycles. The highest BCUT2D eigenvalue weighted by Gasteiger charge is 2.23. The van der Waals surface area contributed by atoms with E-state index in [0.29, 0.717) is 24.5 Å². The van der Waals surface area contributed by atoms with Crippen LogP contribution in [-0.2, 0) is 4.79 Å². The van der Waals surface area contributed by atoms with E-state index in [9.17, 15) is 9.59 Å². The summed E-state index contributed by atoms with van der Waals surface area (Å²) in [6.07, 6.45) is 4.64. The van der Waals surface area contributed by atoms with E-state index in [1.54, 1.807) is 0 Å². The van der Waals surface area contributed by atoms with Gasteiger partial charge >= 0.3 is 0 Å². The van der Waals surface area contributed by atoms with Gasteiger partial charge in [-0.25, -0.2) is 4.98 Å². The van der Waals surface area contributed by atoms with Crippen molar-refractivity contribution in [2.24, 2.45) is 5.92 Å². The van der Waals surface area contributed by atoms with Gasteiger partial charge in [0.25, 0.3) is 0 Å². The van der Waals surface area contributed by atoms with Gasteiger partial charge in [0.1, 0.15) is 5.82 Å². The molecular weight excluding hydrogens is 434 g/mol. The zero-order chi connectivity index (χ0) is 23.2. The van der Waals surface area contributed by atoms with Gasteiger partial charge in [-0.1, -0.05) is 18.2 Å². The zero-order valence-electron chi connectivity index (χ0n) is 19.2. The van der Waals surface area contributed by atoms with Crippen LogP contribution in [0.5, 0.6) is 0 Å². The molecule has 2 N–H and O–H groups in total. The average Bonchev–Trinajstić information content (AvgIpc) is 3.37. The smallest absolute Gasteiger partial charge is 0.225 e. The molecule has 4 rings (SSSR count). The molecule has 0 atom stereocenters. The number of rotatable bonds is 9. The maximum absolute atomic E-state index is 12.2. The molecule has 0 bridgehead atoms. The number of nitrogens with zero attached hydrogens (tertiary/aromatic N) is 3. The van der Waals surface area contributed by atoms with Gasteiger partial charge in [0.2, 0.25) is 11.9 Å². The number of hydrogen-bond donors (Lipinski definition) is 2. The van der Waals surface area contributed by atoms with Crippen LogP contribution in [0, 0.1) is 5.92 Å². The summed E-state index contributed by atoms with van der Waals surface area (Å²) in [5.74, 6) is 2.05. The van der Waals surface area contributed by atoms with Crippen molar-refractivity contribution in [1.82, 2.24) is 15.3 Å². The van der Waals surface area contributed by atoms with Crippen LogP contribution in [0.25, 0.3) is 10.9 Å². The van der Waals surface area contributed by atoms with Gasteiger partial charge < -0.3 is 15.5 Å². The Balaban J connectivity index is 1.22. The lowest BCUT2D eigenvalue weighted by atomic mass is 9.86. The second-order valence-corrected chi connectivity index (χ2v) is 9.80. The van der Waals surface area contributed by atoms with Crippen LogP contribution in [-0.4, -0.2) is 48.3 Å². The Hall–Kier alpha value is -3.00. The first kappa shape index (κ1) is 23.2.